The smallest absolute Gasteiger partial charge is 0.135 e. The van der Waals surface area contributed by atoms with Gasteiger partial charge in [0.2, 0.25) is 0 Å². The van der Waals surface area contributed by atoms with E-state index in [4.69, 9.17) is 11.6 Å². The maximum atomic E-state index is 5.98. The summed E-state index contributed by atoms with van der Waals surface area (Å²) in [5.74, 6) is 0.725. The van der Waals surface area contributed by atoms with Crippen molar-refractivity contribution in [3.8, 4) is 0 Å². The van der Waals surface area contributed by atoms with Gasteiger partial charge >= 0.3 is 0 Å². The van der Waals surface area contributed by atoms with E-state index in [1.165, 1.54) is 0 Å². The Morgan fingerprint density at radius 3 is 2.46 bits per heavy atom. The first-order chi connectivity index (χ1) is 5.88. The summed E-state index contributed by atoms with van der Waals surface area (Å²) in [5, 5.41) is 0.586. The lowest BCUT2D eigenvalue weighted by molar-refractivity contribution is 0.410. The molecule has 1 aromatic heterocycles. The summed E-state index contributed by atoms with van der Waals surface area (Å²) < 4.78 is 0. The summed E-state index contributed by atoms with van der Waals surface area (Å²) in [6.45, 7) is 8.35. The third-order valence-electron chi connectivity index (χ3n) is 1.65. The first-order valence-electron chi connectivity index (χ1n) is 4.36. The second kappa shape index (κ2) is 3.62. The molecule has 0 aromatic carbocycles. The summed E-state index contributed by atoms with van der Waals surface area (Å²) in [6, 6.07) is 0. The molecule has 1 aromatic rings. The van der Waals surface area contributed by atoms with Gasteiger partial charge < -0.3 is 0 Å². The van der Waals surface area contributed by atoms with Crippen LogP contribution in [-0.2, 0) is 6.42 Å². The fourth-order valence-electron chi connectivity index (χ4n) is 1.16. The number of aryl methyl sites for hydroxylation is 1. The molecule has 72 valence electrons. The zero-order chi connectivity index (χ0) is 10.1. The van der Waals surface area contributed by atoms with E-state index in [0.717, 1.165) is 17.8 Å². The van der Waals surface area contributed by atoms with E-state index < -0.39 is 0 Å². The Kier molecular flexibility index (Phi) is 2.91. The van der Waals surface area contributed by atoms with Crippen molar-refractivity contribution in [2.75, 3.05) is 0 Å². The molecule has 0 aliphatic rings. The van der Waals surface area contributed by atoms with E-state index >= 15 is 0 Å². The average Bonchev–Trinajstić information content (AvgIpc) is 1.93. The van der Waals surface area contributed by atoms with Crippen molar-refractivity contribution in [3.05, 3.63) is 22.7 Å². The predicted molar refractivity (Wildman–Crippen MR) is 54.9 cm³/mol. The Morgan fingerprint density at radius 1 is 1.38 bits per heavy atom. The highest BCUT2D eigenvalue weighted by Crippen LogP contribution is 2.23. The van der Waals surface area contributed by atoms with Crippen molar-refractivity contribution in [2.24, 2.45) is 5.41 Å². The number of rotatable bonds is 1. The van der Waals surface area contributed by atoms with E-state index in [-0.39, 0.29) is 5.41 Å². The molecule has 0 N–H and O–H groups in total. The standard InChI is InChI=1S/C10H15ClN2/c1-7-12-6-8(9(11)13-7)5-10(2,3)4/h6H,5H2,1-4H3. The maximum absolute atomic E-state index is 5.98. The summed E-state index contributed by atoms with van der Waals surface area (Å²) in [4.78, 5) is 8.24. The predicted octanol–water partition coefficient (Wildman–Crippen LogP) is 3.03. The Balaban J connectivity index is 2.90. The van der Waals surface area contributed by atoms with Gasteiger partial charge in [0.25, 0.3) is 0 Å². The van der Waals surface area contributed by atoms with E-state index in [1.54, 1.807) is 0 Å². The van der Waals surface area contributed by atoms with Gasteiger partial charge in [-0.05, 0) is 18.8 Å². The van der Waals surface area contributed by atoms with Crippen LogP contribution in [-0.4, -0.2) is 9.97 Å². The number of aromatic nitrogens is 2. The van der Waals surface area contributed by atoms with Gasteiger partial charge in [-0.15, -0.1) is 0 Å². The molecule has 1 rings (SSSR count). The van der Waals surface area contributed by atoms with Crippen molar-refractivity contribution in [3.63, 3.8) is 0 Å². The van der Waals surface area contributed by atoms with Crippen molar-refractivity contribution < 1.29 is 0 Å². The average molecular weight is 199 g/mol. The maximum Gasteiger partial charge on any atom is 0.135 e. The molecule has 0 fully saturated rings. The molecular weight excluding hydrogens is 184 g/mol. The Labute approximate surface area is 84.4 Å². The molecule has 1 heterocycles. The molecule has 0 saturated carbocycles. The van der Waals surface area contributed by atoms with Gasteiger partial charge in [-0.25, -0.2) is 9.97 Å². The van der Waals surface area contributed by atoms with Gasteiger partial charge in [0.05, 0.1) is 0 Å². The number of halogens is 1. The molecule has 0 radical (unpaired) electrons. The van der Waals surface area contributed by atoms with Crippen LogP contribution in [0.4, 0.5) is 0 Å². The van der Waals surface area contributed by atoms with Gasteiger partial charge in [-0.3, -0.25) is 0 Å². The van der Waals surface area contributed by atoms with Crippen molar-refractivity contribution >= 4 is 11.6 Å². The normalized spacial score (nSPS) is 11.8. The molecule has 0 atom stereocenters. The zero-order valence-corrected chi connectivity index (χ0v) is 9.31. The SMILES string of the molecule is Cc1ncc(CC(C)(C)C)c(Cl)n1. The molecule has 3 heteroatoms. The molecule has 0 unspecified atom stereocenters. The fourth-order valence-corrected chi connectivity index (χ4v) is 1.40. The molecular formula is C10H15ClN2. The second-order valence-corrected chi connectivity index (χ2v) is 4.83. The van der Waals surface area contributed by atoms with Crippen LogP contribution in [0.2, 0.25) is 5.15 Å². The monoisotopic (exact) mass is 198 g/mol. The molecule has 0 bridgehead atoms. The molecule has 13 heavy (non-hydrogen) atoms. The van der Waals surface area contributed by atoms with Gasteiger partial charge in [0.1, 0.15) is 11.0 Å². The van der Waals surface area contributed by atoms with Crippen LogP contribution in [0.1, 0.15) is 32.2 Å². The summed E-state index contributed by atoms with van der Waals surface area (Å²) in [7, 11) is 0. The lowest BCUT2D eigenvalue weighted by Gasteiger charge is -2.18. The van der Waals surface area contributed by atoms with Crippen LogP contribution in [0.5, 0.6) is 0 Å². The molecule has 0 aliphatic carbocycles. The Morgan fingerprint density at radius 2 is 2.00 bits per heavy atom. The minimum atomic E-state index is 0.224. The largest absolute Gasteiger partial charge is 0.241 e. The van der Waals surface area contributed by atoms with Crippen LogP contribution >= 0.6 is 11.6 Å². The van der Waals surface area contributed by atoms with Crippen LogP contribution in [0, 0.1) is 12.3 Å². The summed E-state index contributed by atoms with van der Waals surface area (Å²) >= 11 is 5.98. The van der Waals surface area contributed by atoms with Crippen molar-refractivity contribution in [1.29, 1.82) is 0 Å². The van der Waals surface area contributed by atoms with Crippen LogP contribution in [0.15, 0.2) is 6.20 Å². The first kappa shape index (κ1) is 10.5. The second-order valence-electron chi connectivity index (χ2n) is 4.47. The highest BCUT2D eigenvalue weighted by molar-refractivity contribution is 6.30. The Bertz CT molecular complexity index is 302. The lowest BCUT2D eigenvalue weighted by Crippen LogP contribution is -2.10. The lowest BCUT2D eigenvalue weighted by atomic mass is 9.89. The van der Waals surface area contributed by atoms with Gasteiger partial charge in [0.15, 0.2) is 0 Å². The molecule has 0 saturated heterocycles. The topological polar surface area (TPSA) is 25.8 Å². The summed E-state index contributed by atoms with van der Waals surface area (Å²) in [6.07, 6.45) is 2.72. The Hall–Kier alpha value is -0.630. The van der Waals surface area contributed by atoms with E-state index in [0.29, 0.717) is 5.15 Å². The molecule has 0 spiro atoms. The van der Waals surface area contributed by atoms with Crippen molar-refractivity contribution in [2.45, 2.75) is 34.1 Å². The fraction of sp³-hybridized carbons (Fsp3) is 0.600. The highest BCUT2D eigenvalue weighted by atomic mass is 35.5. The summed E-state index contributed by atoms with van der Waals surface area (Å²) in [5.41, 5.74) is 1.25. The number of nitrogens with zero attached hydrogens (tertiary/aromatic N) is 2. The van der Waals surface area contributed by atoms with Crippen molar-refractivity contribution in [1.82, 2.24) is 9.97 Å². The zero-order valence-electron chi connectivity index (χ0n) is 8.56. The highest BCUT2D eigenvalue weighted by Gasteiger charge is 2.14. The number of hydrogen-bond acceptors (Lipinski definition) is 2. The molecule has 2 nitrogen and oxygen atoms in total. The minimum absolute atomic E-state index is 0.224. The third kappa shape index (κ3) is 3.31. The van der Waals surface area contributed by atoms with E-state index in [2.05, 4.69) is 30.7 Å². The van der Waals surface area contributed by atoms with Crippen LogP contribution in [0.3, 0.4) is 0 Å². The first-order valence-corrected chi connectivity index (χ1v) is 4.74. The van der Waals surface area contributed by atoms with Gasteiger partial charge in [-0.1, -0.05) is 32.4 Å². The molecule has 0 aliphatic heterocycles. The van der Waals surface area contributed by atoms with E-state index in [9.17, 15) is 0 Å². The van der Waals surface area contributed by atoms with Crippen LogP contribution < -0.4 is 0 Å². The molecule has 0 amide bonds. The minimum Gasteiger partial charge on any atom is -0.241 e. The van der Waals surface area contributed by atoms with Crippen LogP contribution in [0.25, 0.3) is 0 Å². The van der Waals surface area contributed by atoms with E-state index in [1.807, 2.05) is 13.1 Å². The quantitative estimate of drug-likeness (QED) is 0.649. The van der Waals surface area contributed by atoms with Gasteiger partial charge in [-0.2, -0.15) is 0 Å². The van der Waals surface area contributed by atoms with Gasteiger partial charge in [0, 0.05) is 11.8 Å². The number of hydrogen-bond donors (Lipinski definition) is 0. The third-order valence-corrected chi connectivity index (χ3v) is 1.98.